The molecule has 164 valence electrons. The number of amides is 2. The van der Waals surface area contributed by atoms with E-state index in [0.29, 0.717) is 19.4 Å². The molecule has 2 heterocycles. The molecule has 3 rings (SSSR count). The summed E-state index contributed by atoms with van der Waals surface area (Å²) >= 11 is 3.13. The van der Waals surface area contributed by atoms with Crippen LogP contribution in [0.2, 0.25) is 0 Å². The highest BCUT2D eigenvalue weighted by molar-refractivity contribution is 7.09. The summed E-state index contributed by atoms with van der Waals surface area (Å²) in [6.45, 7) is 11.2. The van der Waals surface area contributed by atoms with Crippen molar-refractivity contribution in [2.45, 2.75) is 72.8 Å². The Hall–Kier alpha value is -1.80. The van der Waals surface area contributed by atoms with Gasteiger partial charge >= 0.3 is 0 Å². The van der Waals surface area contributed by atoms with Crippen LogP contribution >= 0.6 is 22.7 Å². The molecule has 0 aromatic carbocycles. The lowest BCUT2D eigenvalue weighted by Gasteiger charge is -2.47. The molecule has 2 N–H and O–H groups in total. The minimum absolute atomic E-state index is 0.00407. The molecule has 2 amide bonds. The summed E-state index contributed by atoms with van der Waals surface area (Å²) in [5, 5.41) is 12.2. The van der Waals surface area contributed by atoms with Crippen molar-refractivity contribution >= 4 is 34.5 Å². The molecule has 0 unspecified atom stereocenters. The van der Waals surface area contributed by atoms with E-state index in [4.69, 9.17) is 0 Å². The Balaban J connectivity index is 1.55. The summed E-state index contributed by atoms with van der Waals surface area (Å²) in [5.41, 5.74) is 1.69. The molecule has 6 nitrogen and oxygen atoms in total. The summed E-state index contributed by atoms with van der Waals surface area (Å²) in [6.07, 6.45) is 3.44. The Kier molecular flexibility index (Phi) is 6.97. The summed E-state index contributed by atoms with van der Waals surface area (Å²) < 4.78 is 0. The lowest BCUT2D eigenvalue weighted by Crippen LogP contribution is -2.50. The van der Waals surface area contributed by atoms with Crippen molar-refractivity contribution in [3.63, 3.8) is 0 Å². The second-order valence-corrected chi connectivity index (χ2v) is 11.8. The third-order valence-electron chi connectivity index (χ3n) is 5.54. The fourth-order valence-electron chi connectivity index (χ4n) is 4.83. The summed E-state index contributed by atoms with van der Waals surface area (Å²) in [7, 11) is 0. The third-order valence-corrected chi connectivity index (χ3v) is 7.18. The Morgan fingerprint density at radius 3 is 2.10 bits per heavy atom. The Labute approximate surface area is 186 Å². The van der Waals surface area contributed by atoms with Gasteiger partial charge in [0.25, 0.3) is 0 Å². The first-order chi connectivity index (χ1) is 14.0. The monoisotopic (exact) mass is 448 g/mol. The van der Waals surface area contributed by atoms with E-state index in [1.54, 1.807) is 22.7 Å². The molecule has 0 saturated heterocycles. The van der Waals surface area contributed by atoms with Crippen molar-refractivity contribution in [2.24, 2.45) is 10.8 Å². The molecule has 30 heavy (non-hydrogen) atoms. The minimum Gasteiger partial charge on any atom is -0.355 e. The van der Waals surface area contributed by atoms with Crippen LogP contribution in [0.15, 0.2) is 10.8 Å². The van der Waals surface area contributed by atoms with E-state index >= 15 is 0 Å². The highest BCUT2D eigenvalue weighted by atomic mass is 32.1. The highest BCUT2D eigenvalue weighted by Crippen LogP contribution is 2.45. The van der Waals surface area contributed by atoms with Crippen molar-refractivity contribution in [3.05, 3.63) is 32.2 Å². The molecule has 0 bridgehead atoms. The predicted octanol–water partition coefficient (Wildman–Crippen LogP) is 3.82. The van der Waals surface area contributed by atoms with Gasteiger partial charge in [-0.2, -0.15) is 0 Å². The molecular weight excluding hydrogens is 416 g/mol. The van der Waals surface area contributed by atoms with E-state index in [-0.39, 0.29) is 28.7 Å². The number of nitrogens with one attached hydrogen (secondary N) is 2. The van der Waals surface area contributed by atoms with Gasteiger partial charge in [0, 0.05) is 23.3 Å². The molecule has 2 aromatic heterocycles. The quantitative estimate of drug-likeness (QED) is 0.674. The topological polar surface area (TPSA) is 84.0 Å². The SMILES string of the molecule is Cc1nc(CC(=O)NC[C@]2(C)C[C@H](NC(=O)Cc3csc(C)n3)CC(C)(C)C2)cs1. The van der Waals surface area contributed by atoms with Gasteiger partial charge in [0.05, 0.1) is 34.2 Å². The average molecular weight is 449 g/mol. The van der Waals surface area contributed by atoms with Gasteiger partial charge in [-0.1, -0.05) is 20.8 Å². The van der Waals surface area contributed by atoms with Crippen LogP contribution in [0.25, 0.3) is 0 Å². The molecule has 1 aliphatic rings. The molecule has 2 aromatic rings. The summed E-state index contributed by atoms with van der Waals surface area (Å²) in [4.78, 5) is 33.7. The van der Waals surface area contributed by atoms with Gasteiger partial charge in [-0.25, -0.2) is 9.97 Å². The van der Waals surface area contributed by atoms with Crippen LogP contribution in [-0.4, -0.2) is 34.4 Å². The number of thiazole rings is 2. The molecular formula is C22H32N4O2S2. The maximum atomic E-state index is 12.6. The number of hydrogen-bond donors (Lipinski definition) is 2. The first kappa shape index (κ1) is 22.9. The van der Waals surface area contributed by atoms with Crippen LogP contribution in [-0.2, 0) is 22.4 Å². The number of carbonyl (C=O) groups excluding carboxylic acids is 2. The maximum Gasteiger partial charge on any atom is 0.226 e. The summed E-state index contributed by atoms with van der Waals surface area (Å²) in [5.74, 6) is 0.0256. The van der Waals surface area contributed by atoms with E-state index in [2.05, 4.69) is 41.4 Å². The van der Waals surface area contributed by atoms with Gasteiger partial charge in [0.15, 0.2) is 0 Å². The fourth-order valence-corrected chi connectivity index (χ4v) is 6.06. The van der Waals surface area contributed by atoms with Gasteiger partial charge in [0.2, 0.25) is 11.8 Å². The Morgan fingerprint density at radius 1 is 1.00 bits per heavy atom. The normalized spacial score (nSPS) is 23.2. The van der Waals surface area contributed by atoms with E-state index in [9.17, 15) is 9.59 Å². The van der Waals surface area contributed by atoms with Gasteiger partial charge in [-0.15, -0.1) is 22.7 Å². The zero-order valence-corrected chi connectivity index (χ0v) is 20.1. The zero-order chi connectivity index (χ0) is 21.9. The molecule has 1 aliphatic carbocycles. The predicted molar refractivity (Wildman–Crippen MR) is 122 cm³/mol. The van der Waals surface area contributed by atoms with Crippen molar-refractivity contribution in [3.8, 4) is 0 Å². The molecule has 1 saturated carbocycles. The minimum atomic E-state index is -0.0649. The van der Waals surface area contributed by atoms with Crippen LogP contribution in [0.3, 0.4) is 0 Å². The van der Waals surface area contributed by atoms with Crippen molar-refractivity contribution in [1.82, 2.24) is 20.6 Å². The molecule has 1 fully saturated rings. The van der Waals surface area contributed by atoms with Crippen molar-refractivity contribution < 1.29 is 9.59 Å². The van der Waals surface area contributed by atoms with Crippen LogP contribution in [0, 0.1) is 24.7 Å². The van der Waals surface area contributed by atoms with Crippen molar-refractivity contribution in [2.75, 3.05) is 6.54 Å². The molecule has 0 radical (unpaired) electrons. The molecule has 8 heteroatoms. The number of carbonyl (C=O) groups is 2. The second kappa shape index (κ2) is 9.14. The van der Waals surface area contributed by atoms with E-state index in [1.165, 1.54) is 0 Å². The van der Waals surface area contributed by atoms with Gasteiger partial charge in [0.1, 0.15) is 0 Å². The van der Waals surface area contributed by atoms with E-state index in [1.807, 2.05) is 24.6 Å². The number of hydrogen-bond acceptors (Lipinski definition) is 6. The van der Waals surface area contributed by atoms with Crippen LogP contribution in [0.1, 0.15) is 61.4 Å². The number of nitrogens with zero attached hydrogens (tertiary/aromatic N) is 2. The van der Waals surface area contributed by atoms with Gasteiger partial charge in [-0.3, -0.25) is 9.59 Å². The van der Waals surface area contributed by atoms with Crippen LogP contribution in [0.4, 0.5) is 0 Å². The fraction of sp³-hybridized carbons (Fsp3) is 0.636. The summed E-state index contributed by atoms with van der Waals surface area (Å²) in [6, 6.07) is 0.101. The first-order valence-electron chi connectivity index (χ1n) is 10.4. The number of aromatic nitrogens is 2. The number of aryl methyl sites for hydroxylation is 2. The first-order valence-corrected chi connectivity index (χ1v) is 12.2. The smallest absolute Gasteiger partial charge is 0.226 e. The molecule has 0 spiro atoms. The largest absolute Gasteiger partial charge is 0.355 e. The standard InChI is InChI=1S/C22H32N4O2S2/c1-14-24-16(10-29-14)6-19(27)23-13-22(5)9-18(8-21(3,4)12-22)26-20(28)7-17-11-30-15(2)25-17/h10-11,18H,6-9,12-13H2,1-5H3,(H,23,27)(H,26,28)/t18-,22-/m1/s1. The average Bonchev–Trinajstić information content (AvgIpc) is 3.19. The van der Waals surface area contributed by atoms with Gasteiger partial charge < -0.3 is 10.6 Å². The third kappa shape index (κ3) is 6.60. The lowest BCUT2D eigenvalue weighted by atomic mass is 9.62. The zero-order valence-electron chi connectivity index (χ0n) is 18.5. The Morgan fingerprint density at radius 2 is 1.57 bits per heavy atom. The number of rotatable bonds is 7. The maximum absolute atomic E-state index is 12.6. The molecule has 0 aliphatic heterocycles. The highest BCUT2D eigenvalue weighted by Gasteiger charge is 2.41. The van der Waals surface area contributed by atoms with E-state index < -0.39 is 0 Å². The lowest BCUT2D eigenvalue weighted by molar-refractivity contribution is -0.123. The van der Waals surface area contributed by atoms with Crippen molar-refractivity contribution in [1.29, 1.82) is 0 Å². The van der Waals surface area contributed by atoms with Crippen LogP contribution in [0.5, 0.6) is 0 Å². The van der Waals surface area contributed by atoms with Crippen LogP contribution < -0.4 is 10.6 Å². The van der Waals surface area contributed by atoms with E-state index in [0.717, 1.165) is 40.7 Å². The second-order valence-electron chi connectivity index (χ2n) is 9.67. The Bertz CT molecular complexity index is 905. The molecule has 2 atom stereocenters. The van der Waals surface area contributed by atoms with Gasteiger partial charge in [-0.05, 0) is 43.9 Å².